The third-order valence-electron chi connectivity index (χ3n) is 14.6. The van der Waals surface area contributed by atoms with E-state index in [1.165, 1.54) is 29.4 Å². The van der Waals surface area contributed by atoms with Crippen LogP contribution >= 0.6 is 0 Å². The quantitative estimate of drug-likeness (QED) is 0.165. The third-order valence-corrected chi connectivity index (χ3v) is 16.3. The normalized spacial score (nSPS) is 25.5. The Morgan fingerprint density at radius 1 is 0.793 bits per heavy atom. The summed E-state index contributed by atoms with van der Waals surface area (Å²) in [6.45, 7) is 7.17. The molecule has 6 fully saturated rings. The Morgan fingerprint density at radius 2 is 1.41 bits per heavy atom. The van der Waals surface area contributed by atoms with Crippen LogP contribution in [0.1, 0.15) is 71.6 Å². The summed E-state index contributed by atoms with van der Waals surface area (Å²) in [5, 5.41) is 11.8. The minimum absolute atomic E-state index is 0.0297. The predicted molar refractivity (Wildman–Crippen MR) is 225 cm³/mol. The number of aliphatic hydroxyl groups excluding tert-OH is 1. The number of ether oxygens (including phenoxy) is 1. The van der Waals surface area contributed by atoms with Crippen LogP contribution in [0.15, 0.2) is 90.0 Å². The van der Waals surface area contributed by atoms with Crippen molar-refractivity contribution in [2.45, 2.75) is 88.7 Å². The van der Waals surface area contributed by atoms with E-state index in [-0.39, 0.29) is 35.5 Å². The molecule has 1 N–H and O–H groups in total. The lowest BCUT2D eigenvalue weighted by molar-refractivity contribution is -0.146. The van der Waals surface area contributed by atoms with E-state index < -0.39 is 16.1 Å². The molecule has 10 nitrogen and oxygen atoms in total. The summed E-state index contributed by atoms with van der Waals surface area (Å²) in [5.74, 6) is 4.33. The summed E-state index contributed by atoms with van der Waals surface area (Å²) in [6, 6.07) is 23.5. The molecular formula is C47H58N4O6S. The first-order chi connectivity index (χ1) is 28.0. The van der Waals surface area contributed by atoms with Gasteiger partial charge in [-0.15, -0.1) is 0 Å². The van der Waals surface area contributed by atoms with Crippen molar-refractivity contribution in [2.75, 3.05) is 39.3 Å². The van der Waals surface area contributed by atoms with Gasteiger partial charge in [-0.2, -0.15) is 0 Å². The van der Waals surface area contributed by atoms with Crippen molar-refractivity contribution in [3.8, 4) is 16.9 Å². The van der Waals surface area contributed by atoms with E-state index in [1.54, 1.807) is 41.3 Å². The van der Waals surface area contributed by atoms with E-state index in [1.807, 2.05) is 61.2 Å². The fraction of sp³-hybridized carbons (Fsp3) is 0.532. The summed E-state index contributed by atoms with van der Waals surface area (Å²) in [4.78, 5) is 33.8. The van der Waals surface area contributed by atoms with E-state index >= 15 is 0 Å². The first-order valence-corrected chi connectivity index (χ1v) is 23.1. The zero-order chi connectivity index (χ0) is 40.2. The Balaban J connectivity index is 0.767. The molecule has 3 amide bonds. The van der Waals surface area contributed by atoms with Gasteiger partial charge in [-0.1, -0.05) is 48.5 Å². The number of hydrogen-bond acceptors (Lipinski definition) is 6. The fourth-order valence-corrected chi connectivity index (χ4v) is 13.1. The molecular weight excluding hydrogens is 749 g/mol. The number of nitrogens with zero attached hydrogens (tertiary/aromatic N) is 4. The molecule has 6 aliphatic rings. The van der Waals surface area contributed by atoms with Crippen molar-refractivity contribution in [3.05, 3.63) is 85.1 Å². The van der Waals surface area contributed by atoms with Crippen LogP contribution in [0, 0.1) is 35.0 Å². The van der Waals surface area contributed by atoms with Gasteiger partial charge in [0.05, 0.1) is 22.4 Å². The van der Waals surface area contributed by atoms with Crippen molar-refractivity contribution < 1.29 is 27.9 Å². The highest BCUT2D eigenvalue weighted by Crippen LogP contribution is 2.66. The summed E-state index contributed by atoms with van der Waals surface area (Å²) >= 11 is 0. The maximum absolute atomic E-state index is 13.9. The highest BCUT2D eigenvalue weighted by atomic mass is 32.2. The van der Waals surface area contributed by atoms with Crippen LogP contribution in [0.25, 0.3) is 22.0 Å². The Labute approximate surface area is 343 Å². The molecule has 10 rings (SSSR count). The van der Waals surface area contributed by atoms with Crippen LogP contribution in [0.5, 0.6) is 5.75 Å². The Kier molecular flexibility index (Phi) is 10.6. The highest BCUT2D eigenvalue weighted by Gasteiger charge is 2.62. The summed E-state index contributed by atoms with van der Waals surface area (Å²) in [6.07, 6.45) is 10.9. The lowest BCUT2D eigenvalue weighted by Crippen LogP contribution is -2.53. The van der Waals surface area contributed by atoms with Crippen LogP contribution in [0.3, 0.4) is 0 Å². The van der Waals surface area contributed by atoms with Crippen LogP contribution < -0.4 is 4.74 Å². The van der Waals surface area contributed by atoms with Gasteiger partial charge in [0, 0.05) is 43.8 Å². The Bertz CT molecular complexity index is 2210. The number of amides is 3. The second kappa shape index (κ2) is 15.7. The number of hydrogen-bond donors (Lipinski definition) is 1. The molecule has 11 heteroatoms. The van der Waals surface area contributed by atoms with E-state index in [2.05, 4.69) is 4.90 Å². The standard InChI is InChI=1S/C47H58N4O6S/c1-32(2)50(46(54)49-22-17-38(18-23-49)37-15-20-48(21-16-37)45(53)47-28-33-25-34(29-47)27-39(47)26-33)30-40(52)31-57-44-10-6-9-43-42(44)19-24-51(43)58(55,56)41-13-11-36(12-14-41)35-7-4-3-5-8-35/h3-14,19,24,32-34,37-40,52H,15-18,20-23,25-31H2,1-2H3. The van der Waals surface area contributed by atoms with Gasteiger partial charge in [-0.05, 0) is 143 Å². The molecule has 4 aliphatic carbocycles. The van der Waals surface area contributed by atoms with Crippen LogP contribution in [0.2, 0.25) is 0 Å². The minimum atomic E-state index is -3.89. The van der Waals surface area contributed by atoms with Gasteiger partial charge in [0.1, 0.15) is 18.5 Å². The van der Waals surface area contributed by atoms with Crippen LogP contribution in [-0.2, 0) is 14.8 Å². The molecule has 4 saturated carbocycles. The van der Waals surface area contributed by atoms with E-state index in [0.717, 1.165) is 74.6 Å². The molecule has 0 radical (unpaired) electrons. The smallest absolute Gasteiger partial charge is 0.320 e. The SMILES string of the molecule is CC(C)N(CC(O)COc1cccc2c1ccn2S(=O)(=O)c1ccc(-c2ccccc2)cc1)C(=O)N1CCC(C2CCN(C(=O)C34CC5CC(CC3C5)C4)CC2)CC1. The molecule has 3 heterocycles. The fourth-order valence-electron chi connectivity index (χ4n) is 11.8. The number of likely N-dealkylation sites (tertiary alicyclic amines) is 2. The summed E-state index contributed by atoms with van der Waals surface area (Å²) in [5.41, 5.74) is 2.39. The first-order valence-electron chi connectivity index (χ1n) is 21.7. The molecule has 1 aromatic heterocycles. The van der Waals surface area contributed by atoms with Crippen molar-refractivity contribution in [2.24, 2.45) is 35.0 Å². The Morgan fingerprint density at radius 3 is 2.05 bits per heavy atom. The molecule has 4 aromatic rings. The van der Waals surface area contributed by atoms with Gasteiger partial charge in [0.15, 0.2) is 0 Å². The summed E-state index contributed by atoms with van der Waals surface area (Å²) in [7, 11) is -3.89. The van der Waals surface area contributed by atoms with Gasteiger partial charge in [-0.25, -0.2) is 17.2 Å². The van der Waals surface area contributed by atoms with E-state index in [9.17, 15) is 23.1 Å². The molecule has 308 valence electrons. The van der Waals surface area contributed by atoms with E-state index in [4.69, 9.17) is 4.74 Å². The van der Waals surface area contributed by atoms with Crippen molar-refractivity contribution in [1.29, 1.82) is 0 Å². The van der Waals surface area contributed by atoms with Gasteiger partial charge in [0.25, 0.3) is 10.0 Å². The lowest BCUT2D eigenvalue weighted by Gasteiger charge is -2.44. The van der Waals surface area contributed by atoms with E-state index in [0.29, 0.717) is 53.4 Å². The van der Waals surface area contributed by atoms with Gasteiger partial charge in [-0.3, -0.25) is 4.79 Å². The average Bonchev–Trinajstić information content (AvgIpc) is 3.88. The average molecular weight is 807 g/mol. The molecule has 3 unspecified atom stereocenters. The molecule has 2 saturated heterocycles. The zero-order valence-electron chi connectivity index (χ0n) is 33.9. The zero-order valence-corrected chi connectivity index (χ0v) is 34.7. The monoisotopic (exact) mass is 806 g/mol. The second-order valence-corrected chi connectivity index (χ2v) is 20.2. The summed E-state index contributed by atoms with van der Waals surface area (Å²) < 4.78 is 34.9. The van der Waals surface area contributed by atoms with Crippen molar-refractivity contribution >= 4 is 32.9 Å². The van der Waals surface area contributed by atoms with Gasteiger partial charge < -0.3 is 24.5 Å². The second-order valence-electron chi connectivity index (χ2n) is 18.3. The number of aliphatic hydroxyl groups is 1. The minimum Gasteiger partial charge on any atom is -0.490 e. The number of benzene rings is 3. The predicted octanol–water partition coefficient (Wildman–Crippen LogP) is 7.89. The Hall–Kier alpha value is -4.35. The molecule has 4 bridgehead atoms. The lowest BCUT2D eigenvalue weighted by atomic mass is 9.73. The number of rotatable bonds is 11. The van der Waals surface area contributed by atoms with Crippen LogP contribution in [0.4, 0.5) is 4.79 Å². The molecule has 58 heavy (non-hydrogen) atoms. The highest BCUT2D eigenvalue weighted by molar-refractivity contribution is 7.90. The molecule has 2 aliphatic heterocycles. The molecule has 3 aromatic carbocycles. The first kappa shape index (κ1) is 39.1. The number of carbonyl (C=O) groups is 2. The van der Waals surface area contributed by atoms with Crippen molar-refractivity contribution in [1.82, 2.24) is 18.7 Å². The maximum atomic E-state index is 13.9. The van der Waals surface area contributed by atoms with Crippen LogP contribution in [-0.4, -0.2) is 95.6 Å². The number of carbonyl (C=O) groups excluding carboxylic acids is 2. The number of urea groups is 1. The topological polar surface area (TPSA) is 112 Å². The maximum Gasteiger partial charge on any atom is 0.320 e. The number of fused-ring (bicyclic) bond motifs is 1. The molecule has 0 spiro atoms. The number of piperidine rings is 2. The third kappa shape index (κ3) is 7.20. The van der Waals surface area contributed by atoms with Crippen molar-refractivity contribution in [3.63, 3.8) is 0 Å². The molecule has 3 atom stereocenters. The van der Waals surface area contributed by atoms with Gasteiger partial charge in [0.2, 0.25) is 5.91 Å². The van der Waals surface area contributed by atoms with Gasteiger partial charge >= 0.3 is 6.03 Å². The number of aromatic nitrogens is 1. The largest absolute Gasteiger partial charge is 0.490 e.